The number of hydrogen-bond acceptors (Lipinski definition) is 5. The molecular formula is C15H18N4O3S. The lowest BCUT2D eigenvalue weighted by atomic mass is 10.1. The van der Waals surface area contributed by atoms with Gasteiger partial charge in [-0.05, 0) is 33.1 Å². The lowest BCUT2D eigenvalue weighted by molar-refractivity contribution is -0.122. The van der Waals surface area contributed by atoms with Gasteiger partial charge in [0.2, 0.25) is 5.91 Å². The predicted octanol–water partition coefficient (Wildman–Crippen LogP) is 0.771. The van der Waals surface area contributed by atoms with Crippen molar-refractivity contribution >= 4 is 28.1 Å². The Morgan fingerprint density at radius 3 is 2.96 bits per heavy atom. The molecule has 8 heteroatoms. The molecule has 1 atom stereocenters. The highest BCUT2D eigenvalue weighted by atomic mass is 32.1. The molecule has 122 valence electrons. The second-order valence-corrected chi connectivity index (χ2v) is 6.83. The quantitative estimate of drug-likeness (QED) is 0.848. The number of rotatable bonds is 2. The van der Waals surface area contributed by atoms with Gasteiger partial charge < -0.3 is 10.6 Å². The molecule has 23 heavy (non-hydrogen) atoms. The number of amides is 2. The minimum absolute atomic E-state index is 0.0413. The Kier molecular flexibility index (Phi) is 4.16. The third-order valence-electron chi connectivity index (χ3n) is 4.10. The minimum atomic E-state index is -0.601. The first kappa shape index (κ1) is 15.7. The zero-order chi connectivity index (χ0) is 16.6. The van der Waals surface area contributed by atoms with Gasteiger partial charge in [0.1, 0.15) is 11.6 Å². The summed E-state index contributed by atoms with van der Waals surface area (Å²) in [6.45, 7) is 4.35. The molecule has 0 saturated carbocycles. The summed E-state index contributed by atoms with van der Waals surface area (Å²) >= 11 is 1.41. The van der Waals surface area contributed by atoms with Crippen molar-refractivity contribution < 1.29 is 9.59 Å². The van der Waals surface area contributed by atoms with Crippen LogP contribution >= 0.6 is 11.3 Å². The lowest BCUT2D eigenvalue weighted by Crippen LogP contribution is -2.46. The number of thiazole rings is 1. The summed E-state index contributed by atoms with van der Waals surface area (Å²) in [5, 5.41) is 5.41. The molecule has 7 nitrogen and oxygen atoms in total. The Bertz CT molecular complexity index is 839. The average molecular weight is 334 g/mol. The van der Waals surface area contributed by atoms with Crippen LogP contribution < -0.4 is 16.2 Å². The number of nitrogens with one attached hydrogen (secondary N) is 2. The SMILES string of the molecule is Cc1sc2ncc(C(=O)NC3CCCCNC3=O)c(=O)n2c1C. The van der Waals surface area contributed by atoms with Gasteiger partial charge in [-0.2, -0.15) is 0 Å². The highest BCUT2D eigenvalue weighted by Gasteiger charge is 2.25. The molecule has 2 aromatic rings. The van der Waals surface area contributed by atoms with Crippen LogP contribution in [0.1, 0.15) is 40.2 Å². The monoisotopic (exact) mass is 334 g/mol. The average Bonchev–Trinajstić information content (AvgIpc) is 2.67. The molecular weight excluding hydrogens is 316 g/mol. The van der Waals surface area contributed by atoms with Crippen LogP contribution in [0.25, 0.3) is 4.96 Å². The van der Waals surface area contributed by atoms with Crippen LogP contribution in [0, 0.1) is 13.8 Å². The molecule has 0 radical (unpaired) electrons. The predicted molar refractivity (Wildman–Crippen MR) is 86.9 cm³/mol. The second kappa shape index (κ2) is 6.11. The van der Waals surface area contributed by atoms with Gasteiger partial charge in [-0.15, -0.1) is 11.3 Å². The number of aromatic nitrogens is 2. The van der Waals surface area contributed by atoms with Crippen molar-refractivity contribution in [3.05, 3.63) is 32.7 Å². The molecule has 1 aliphatic heterocycles. The van der Waals surface area contributed by atoms with Gasteiger partial charge in [-0.25, -0.2) is 4.98 Å². The van der Waals surface area contributed by atoms with Gasteiger partial charge in [-0.1, -0.05) is 0 Å². The van der Waals surface area contributed by atoms with Crippen LogP contribution in [-0.2, 0) is 4.79 Å². The smallest absolute Gasteiger partial charge is 0.271 e. The third-order valence-corrected chi connectivity index (χ3v) is 5.18. The van der Waals surface area contributed by atoms with E-state index in [9.17, 15) is 14.4 Å². The van der Waals surface area contributed by atoms with Crippen LogP contribution in [-0.4, -0.2) is 33.8 Å². The van der Waals surface area contributed by atoms with E-state index < -0.39 is 17.5 Å². The number of hydrogen-bond donors (Lipinski definition) is 2. The van der Waals surface area contributed by atoms with Gasteiger partial charge >= 0.3 is 0 Å². The van der Waals surface area contributed by atoms with Crippen molar-refractivity contribution in [2.75, 3.05) is 6.54 Å². The van der Waals surface area contributed by atoms with Crippen molar-refractivity contribution in [1.29, 1.82) is 0 Å². The standard InChI is InChI=1S/C15H18N4O3S/c1-8-9(2)23-15-17-7-10(14(22)19(8)15)12(20)18-11-5-3-4-6-16-13(11)21/h7,11H,3-6H2,1-2H3,(H,16,21)(H,18,20). The van der Waals surface area contributed by atoms with Crippen LogP contribution in [0.15, 0.2) is 11.0 Å². The molecule has 0 aliphatic carbocycles. The van der Waals surface area contributed by atoms with Crippen LogP contribution in [0.5, 0.6) is 0 Å². The van der Waals surface area contributed by atoms with E-state index in [1.807, 2.05) is 13.8 Å². The summed E-state index contributed by atoms with van der Waals surface area (Å²) in [4.78, 5) is 42.6. The van der Waals surface area contributed by atoms with E-state index in [0.717, 1.165) is 23.4 Å². The highest BCUT2D eigenvalue weighted by molar-refractivity contribution is 7.17. The summed E-state index contributed by atoms with van der Waals surface area (Å²) in [7, 11) is 0. The summed E-state index contributed by atoms with van der Waals surface area (Å²) in [5.41, 5.74) is 0.341. The number of carbonyl (C=O) groups is 2. The Morgan fingerprint density at radius 1 is 1.39 bits per heavy atom. The van der Waals surface area contributed by atoms with Gasteiger partial charge in [0.15, 0.2) is 4.96 Å². The van der Waals surface area contributed by atoms with Crippen molar-refractivity contribution in [3.8, 4) is 0 Å². The van der Waals surface area contributed by atoms with E-state index in [4.69, 9.17) is 0 Å². The molecule has 1 saturated heterocycles. The molecule has 1 unspecified atom stereocenters. The first-order valence-corrected chi connectivity index (χ1v) is 8.37. The number of nitrogens with zero attached hydrogens (tertiary/aromatic N) is 2. The van der Waals surface area contributed by atoms with E-state index in [0.29, 0.717) is 17.9 Å². The number of fused-ring (bicyclic) bond motifs is 1. The molecule has 0 aromatic carbocycles. The fourth-order valence-electron chi connectivity index (χ4n) is 2.64. The summed E-state index contributed by atoms with van der Waals surface area (Å²) in [6.07, 6.45) is 3.60. The highest BCUT2D eigenvalue weighted by Crippen LogP contribution is 2.18. The first-order chi connectivity index (χ1) is 11.0. The number of carbonyl (C=O) groups excluding carboxylic acids is 2. The maximum absolute atomic E-state index is 12.6. The molecule has 1 aliphatic rings. The fourth-order valence-corrected chi connectivity index (χ4v) is 3.57. The van der Waals surface area contributed by atoms with Crippen molar-refractivity contribution in [1.82, 2.24) is 20.0 Å². The largest absolute Gasteiger partial charge is 0.354 e. The topological polar surface area (TPSA) is 92.6 Å². The molecule has 1 fully saturated rings. The van der Waals surface area contributed by atoms with E-state index in [1.54, 1.807) is 0 Å². The number of aryl methyl sites for hydroxylation is 2. The normalized spacial score (nSPS) is 18.5. The molecule has 2 amide bonds. The second-order valence-electron chi connectivity index (χ2n) is 5.65. The molecule has 0 spiro atoms. The molecule has 2 N–H and O–H groups in total. The Morgan fingerprint density at radius 2 is 2.17 bits per heavy atom. The molecule has 3 heterocycles. The van der Waals surface area contributed by atoms with E-state index in [-0.39, 0.29) is 11.5 Å². The lowest BCUT2D eigenvalue weighted by Gasteiger charge is -2.14. The molecule has 3 rings (SSSR count). The van der Waals surface area contributed by atoms with Crippen LogP contribution in [0.4, 0.5) is 0 Å². The Balaban J connectivity index is 1.92. The molecule has 0 bridgehead atoms. The zero-order valence-corrected chi connectivity index (χ0v) is 13.8. The maximum atomic E-state index is 12.6. The van der Waals surface area contributed by atoms with E-state index in [2.05, 4.69) is 15.6 Å². The first-order valence-electron chi connectivity index (χ1n) is 7.55. The Labute approximate surface area is 136 Å². The van der Waals surface area contributed by atoms with Crippen LogP contribution in [0.3, 0.4) is 0 Å². The van der Waals surface area contributed by atoms with E-state index in [1.165, 1.54) is 21.9 Å². The maximum Gasteiger partial charge on any atom is 0.271 e. The van der Waals surface area contributed by atoms with Gasteiger partial charge in [0.25, 0.3) is 11.5 Å². The molecule has 2 aromatic heterocycles. The minimum Gasteiger partial charge on any atom is -0.354 e. The zero-order valence-electron chi connectivity index (χ0n) is 13.0. The van der Waals surface area contributed by atoms with Gasteiger partial charge in [0.05, 0.1) is 0 Å². The van der Waals surface area contributed by atoms with Crippen LogP contribution in [0.2, 0.25) is 0 Å². The van der Waals surface area contributed by atoms with Crippen molar-refractivity contribution in [2.24, 2.45) is 0 Å². The van der Waals surface area contributed by atoms with Crippen molar-refractivity contribution in [2.45, 2.75) is 39.2 Å². The van der Waals surface area contributed by atoms with Gasteiger partial charge in [-0.3, -0.25) is 18.8 Å². The van der Waals surface area contributed by atoms with Gasteiger partial charge in [0, 0.05) is 23.3 Å². The van der Waals surface area contributed by atoms with Crippen molar-refractivity contribution in [3.63, 3.8) is 0 Å². The third kappa shape index (κ3) is 2.86. The fraction of sp³-hybridized carbons (Fsp3) is 0.467. The summed E-state index contributed by atoms with van der Waals surface area (Å²) in [6, 6.07) is -0.601. The van der Waals surface area contributed by atoms with E-state index >= 15 is 0 Å². The summed E-state index contributed by atoms with van der Waals surface area (Å²) in [5.74, 6) is -0.755. The summed E-state index contributed by atoms with van der Waals surface area (Å²) < 4.78 is 1.45. The Hall–Kier alpha value is -2.22.